The Morgan fingerprint density at radius 3 is 2.35 bits per heavy atom. The zero-order valence-corrected chi connectivity index (χ0v) is 12.0. The van der Waals surface area contributed by atoms with Crippen LogP contribution in [-0.4, -0.2) is 26.1 Å². The number of aromatic nitrogens is 4. The van der Waals surface area contributed by atoms with Crippen LogP contribution in [0, 0.1) is 0 Å². The first-order chi connectivity index (χ1) is 8.31. The highest BCUT2D eigenvalue weighted by atomic mass is 32.2. The zero-order chi connectivity index (χ0) is 12.1. The molecule has 17 heavy (non-hydrogen) atoms. The summed E-state index contributed by atoms with van der Waals surface area (Å²) in [6.45, 7) is 4.09. The third-order valence-electron chi connectivity index (χ3n) is 1.79. The molecule has 0 atom stereocenters. The van der Waals surface area contributed by atoms with Gasteiger partial charge in [0.1, 0.15) is 0 Å². The molecular weight excluding hydrogens is 276 g/mol. The molecule has 0 aliphatic carbocycles. The van der Waals surface area contributed by atoms with Gasteiger partial charge in [0.05, 0.1) is 5.75 Å². The van der Waals surface area contributed by atoms with Crippen LogP contribution in [0.15, 0.2) is 13.1 Å². The summed E-state index contributed by atoms with van der Waals surface area (Å²) >= 11 is 4.89. The molecule has 0 bridgehead atoms. The van der Waals surface area contributed by atoms with Crippen molar-refractivity contribution >= 4 is 34.9 Å². The molecule has 92 valence electrons. The first-order valence-electron chi connectivity index (χ1n) is 5.22. The van der Waals surface area contributed by atoms with Crippen molar-refractivity contribution in [3.8, 4) is 0 Å². The molecule has 8 heteroatoms. The highest BCUT2D eigenvalue weighted by molar-refractivity contribution is 8.02. The lowest BCUT2D eigenvalue weighted by Gasteiger charge is -1.90. The molecule has 0 fully saturated rings. The van der Waals surface area contributed by atoms with Crippen molar-refractivity contribution in [3.05, 3.63) is 11.8 Å². The molecule has 0 aromatic carbocycles. The second-order valence-corrected chi connectivity index (χ2v) is 6.71. The Labute approximate surface area is 112 Å². The van der Waals surface area contributed by atoms with Gasteiger partial charge in [0.2, 0.25) is 11.8 Å². The van der Waals surface area contributed by atoms with Crippen LogP contribution in [0.25, 0.3) is 0 Å². The lowest BCUT2D eigenvalue weighted by Crippen LogP contribution is -1.80. The third kappa shape index (κ3) is 3.68. The largest absolute Gasteiger partial charge is 0.424 e. The van der Waals surface area contributed by atoms with E-state index >= 15 is 0 Å². The van der Waals surface area contributed by atoms with Crippen molar-refractivity contribution in [2.75, 3.05) is 5.75 Å². The van der Waals surface area contributed by atoms with Crippen LogP contribution in [0.4, 0.5) is 0 Å². The van der Waals surface area contributed by atoms with Gasteiger partial charge in [-0.3, -0.25) is 0 Å². The van der Waals surface area contributed by atoms with E-state index in [0.717, 1.165) is 20.9 Å². The van der Waals surface area contributed by atoms with Gasteiger partial charge in [-0.05, 0) is 5.75 Å². The third-order valence-corrected chi connectivity index (χ3v) is 4.84. The number of hydrogen-bond donors (Lipinski definition) is 0. The van der Waals surface area contributed by atoms with E-state index in [1.54, 1.807) is 34.9 Å². The number of nitrogens with zero attached hydrogens (tertiary/aromatic N) is 4. The Morgan fingerprint density at radius 1 is 1.00 bits per heavy atom. The molecule has 0 saturated carbocycles. The van der Waals surface area contributed by atoms with E-state index in [9.17, 15) is 0 Å². The summed E-state index contributed by atoms with van der Waals surface area (Å²) in [6, 6.07) is 0. The van der Waals surface area contributed by atoms with Crippen molar-refractivity contribution < 1.29 is 4.42 Å². The lowest BCUT2D eigenvalue weighted by atomic mass is 10.5. The van der Waals surface area contributed by atoms with Crippen LogP contribution in [0.3, 0.4) is 0 Å². The fourth-order valence-electron chi connectivity index (χ4n) is 1.05. The van der Waals surface area contributed by atoms with E-state index in [1.165, 1.54) is 0 Å². The predicted octanol–water partition coefficient (Wildman–Crippen LogP) is 2.89. The van der Waals surface area contributed by atoms with E-state index in [4.69, 9.17) is 4.42 Å². The van der Waals surface area contributed by atoms with Crippen LogP contribution in [0.2, 0.25) is 0 Å². The van der Waals surface area contributed by atoms with Crippen LogP contribution < -0.4 is 0 Å². The average Bonchev–Trinajstić information content (AvgIpc) is 2.95. The summed E-state index contributed by atoms with van der Waals surface area (Å²) in [4.78, 5) is 0. The molecule has 2 rings (SSSR count). The summed E-state index contributed by atoms with van der Waals surface area (Å²) in [5.41, 5.74) is 0. The molecule has 2 aromatic heterocycles. The Hall–Kier alpha value is -0.600. The van der Waals surface area contributed by atoms with Crippen molar-refractivity contribution in [2.45, 2.75) is 34.7 Å². The summed E-state index contributed by atoms with van der Waals surface area (Å²) in [5, 5.41) is 16.1. The fraction of sp³-hybridized carbons (Fsp3) is 0.556. The van der Waals surface area contributed by atoms with Gasteiger partial charge in [-0.25, -0.2) is 0 Å². The topological polar surface area (TPSA) is 64.7 Å². The smallest absolute Gasteiger partial charge is 0.226 e. The molecule has 0 amide bonds. The van der Waals surface area contributed by atoms with Crippen LogP contribution >= 0.6 is 34.9 Å². The van der Waals surface area contributed by atoms with E-state index < -0.39 is 0 Å². The number of thioether (sulfide) groups is 2. The van der Waals surface area contributed by atoms with Crippen LogP contribution in [0.1, 0.15) is 25.6 Å². The fourth-order valence-corrected chi connectivity index (χ4v) is 3.80. The molecule has 0 N–H and O–H groups in total. The molecule has 0 radical (unpaired) electrons. The van der Waals surface area contributed by atoms with Gasteiger partial charge in [-0.1, -0.05) is 48.7 Å². The molecule has 0 saturated heterocycles. The first kappa shape index (κ1) is 12.8. The second-order valence-electron chi connectivity index (χ2n) is 3.00. The van der Waals surface area contributed by atoms with Crippen molar-refractivity contribution in [2.24, 2.45) is 0 Å². The van der Waals surface area contributed by atoms with E-state index in [1.807, 2.05) is 6.92 Å². The van der Waals surface area contributed by atoms with Crippen LogP contribution in [0.5, 0.6) is 0 Å². The summed E-state index contributed by atoms with van der Waals surface area (Å²) in [7, 11) is 0. The highest BCUT2D eigenvalue weighted by Gasteiger charge is 2.08. The second kappa shape index (κ2) is 6.36. The van der Waals surface area contributed by atoms with E-state index in [0.29, 0.717) is 17.5 Å². The molecule has 2 heterocycles. The summed E-state index contributed by atoms with van der Waals surface area (Å²) in [6.07, 6.45) is 0.772. The minimum atomic E-state index is 0.645. The Morgan fingerprint density at radius 2 is 1.71 bits per heavy atom. The number of aryl methyl sites for hydroxylation is 1. The number of rotatable bonds is 6. The minimum absolute atomic E-state index is 0.645. The molecule has 0 spiro atoms. The van der Waals surface area contributed by atoms with Crippen molar-refractivity contribution in [1.29, 1.82) is 0 Å². The Kier molecular flexibility index (Phi) is 4.81. The Bertz CT molecular complexity index is 470. The molecular formula is C9H12N4OS3. The van der Waals surface area contributed by atoms with Gasteiger partial charge in [-0.2, -0.15) is 0 Å². The SMILES string of the molecule is CCSc1nnc(SCc2nnc(CC)o2)s1. The summed E-state index contributed by atoms with van der Waals surface area (Å²) < 4.78 is 7.37. The molecule has 2 aromatic rings. The first-order valence-corrected chi connectivity index (χ1v) is 8.01. The Balaban J connectivity index is 1.88. The van der Waals surface area contributed by atoms with Gasteiger partial charge in [0.15, 0.2) is 8.68 Å². The quantitative estimate of drug-likeness (QED) is 0.757. The standard InChI is InChI=1S/C9H12N4OS3/c1-3-6-10-11-7(14-6)5-16-9-13-12-8(17-9)15-4-2/h3-5H2,1-2H3. The van der Waals surface area contributed by atoms with E-state index in [2.05, 4.69) is 27.3 Å². The van der Waals surface area contributed by atoms with Gasteiger partial charge in [0, 0.05) is 6.42 Å². The maximum Gasteiger partial charge on any atom is 0.226 e. The number of hydrogen-bond acceptors (Lipinski definition) is 8. The lowest BCUT2D eigenvalue weighted by molar-refractivity contribution is 0.470. The van der Waals surface area contributed by atoms with E-state index in [-0.39, 0.29) is 0 Å². The molecule has 0 aliphatic rings. The van der Waals surface area contributed by atoms with Gasteiger partial charge in [0.25, 0.3) is 0 Å². The van der Waals surface area contributed by atoms with Gasteiger partial charge < -0.3 is 4.42 Å². The highest BCUT2D eigenvalue weighted by Crippen LogP contribution is 2.30. The molecule has 5 nitrogen and oxygen atoms in total. The normalized spacial score (nSPS) is 10.9. The molecule has 0 unspecified atom stereocenters. The average molecular weight is 288 g/mol. The molecule has 0 aliphatic heterocycles. The van der Waals surface area contributed by atoms with Gasteiger partial charge >= 0.3 is 0 Å². The summed E-state index contributed by atoms with van der Waals surface area (Å²) in [5.74, 6) is 2.99. The van der Waals surface area contributed by atoms with Gasteiger partial charge in [-0.15, -0.1) is 20.4 Å². The monoisotopic (exact) mass is 288 g/mol. The zero-order valence-electron chi connectivity index (χ0n) is 9.54. The van der Waals surface area contributed by atoms with Crippen molar-refractivity contribution in [3.63, 3.8) is 0 Å². The maximum atomic E-state index is 5.42. The maximum absolute atomic E-state index is 5.42. The minimum Gasteiger partial charge on any atom is -0.424 e. The predicted molar refractivity (Wildman–Crippen MR) is 69.5 cm³/mol. The van der Waals surface area contributed by atoms with Crippen LogP contribution in [-0.2, 0) is 12.2 Å². The van der Waals surface area contributed by atoms with Crippen molar-refractivity contribution in [1.82, 2.24) is 20.4 Å².